The minimum atomic E-state index is -0.449. The van der Waals surface area contributed by atoms with E-state index in [4.69, 9.17) is 0 Å². The van der Waals surface area contributed by atoms with Crippen LogP contribution in [0.1, 0.15) is 37.5 Å². The van der Waals surface area contributed by atoms with Gasteiger partial charge in [-0.25, -0.2) is 0 Å². The van der Waals surface area contributed by atoms with Gasteiger partial charge in [-0.1, -0.05) is 32.9 Å². The van der Waals surface area contributed by atoms with Crippen molar-refractivity contribution < 1.29 is 24.3 Å². The first-order valence-electron chi connectivity index (χ1n) is 8.51. The molecule has 0 saturated carbocycles. The molecule has 2 aliphatic rings. The van der Waals surface area contributed by atoms with Crippen molar-refractivity contribution in [3.63, 3.8) is 0 Å². The van der Waals surface area contributed by atoms with Gasteiger partial charge in [0.25, 0.3) is 23.6 Å². The van der Waals surface area contributed by atoms with Crippen LogP contribution in [0, 0.1) is 0 Å². The summed E-state index contributed by atoms with van der Waals surface area (Å²) in [5.41, 5.74) is 1.21. The lowest BCUT2D eigenvalue weighted by atomic mass is 9.82. The van der Waals surface area contributed by atoms with Crippen molar-refractivity contribution in [3.8, 4) is 5.75 Å². The second-order valence-corrected chi connectivity index (χ2v) is 7.54. The molecule has 7 nitrogen and oxygen atoms in total. The molecule has 0 aromatic heterocycles. The number of rotatable bonds is 4. The first kappa shape index (κ1) is 18.6. The molecule has 1 aromatic carbocycles. The van der Waals surface area contributed by atoms with Crippen LogP contribution >= 0.6 is 0 Å². The maximum atomic E-state index is 11.9. The van der Waals surface area contributed by atoms with E-state index in [-0.39, 0.29) is 24.3 Å². The molecule has 0 aliphatic carbocycles. The normalized spacial score (nSPS) is 17.0. The number of benzene rings is 1. The number of imide groups is 2. The smallest absolute Gasteiger partial charge is 0.253 e. The highest BCUT2D eigenvalue weighted by Crippen LogP contribution is 2.36. The second-order valence-electron chi connectivity index (χ2n) is 7.54. The van der Waals surface area contributed by atoms with Crippen molar-refractivity contribution >= 4 is 23.6 Å². The fraction of sp³-hybridized carbons (Fsp3) is 0.300. The number of carbonyl (C=O) groups excluding carboxylic acids is 4. The highest BCUT2D eigenvalue weighted by molar-refractivity contribution is 6.13. The summed E-state index contributed by atoms with van der Waals surface area (Å²) in [7, 11) is 0. The van der Waals surface area contributed by atoms with E-state index >= 15 is 0 Å². The first-order chi connectivity index (χ1) is 12.6. The third kappa shape index (κ3) is 3.40. The van der Waals surface area contributed by atoms with Crippen molar-refractivity contribution in [2.45, 2.75) is 39.3 Å². The Hall–Kier alpha value is -3.22. The van der Waals surface area contributed by atoms with Crippen LogP contribution in [-0.2, 0) is 37.7 Å². The molecule has 1 N–H and O–H groups in total. The molecule has 4 amide bonds. The molecule has 0 spiro atoms. The molecule has 0 atom stereocenters. The fourth-order valence-electron chi connectivity index (χ4n) is 3.18. The van der Waals surface area contributed by atoms with Gasteiger partial charge in [0.15, 0.2) is 0 Å². The Bertz CT molecular complexity index is 885. The molecule has 0 unspecified atom stereocenters. The molecule has 0 saturated heterocycles. The Morgan fingerprint density at radius 2 is 1.22 bits per heavy atom. The lowest BCUT2D eigenvalue weighted by Crippen LogP contribution is -2.31. The summed E-state index contributed by atoms with van der Waals surface area (Å²) in [6.07, 6.45) is 4.73. The van der Waals surface area contributed by atoms with Crippen LogP contribution in [0.5, 0.6) is 5.75 Å². The molecule has 1 aromatic rings. The van der Waals surface area contributed by atoms with Gasteiger partial charge in [0.1, 0.15) is 5.75 Å². The summed E-state index contributed by atoms with van der Waals surface area (Å²) in [4.78, 5) is 49.6. The molecule has 27 heavy (non-hydrogen) atoms. The van der Waals surface area contributed by atoms with Gasteiger partial charge in [0.2, 0.25) is 0 Å². The lowest BCUT2D eigenvalue weighted by molar-refractivity contribution is -0.138. The first-order valence-corrected chi connectivity index (χ1v) is 8.51. The Morgan fingerprint density at radius 3 is 1.67 bits per heavy atom. The van der Waals surface area contributed by atoms with E-state index < -0.39 is 23.6 Å². The molecule has 2 heterocycles. The van der Waals surface area contributed by atoms with Crippen molar-refractivity contribution in [2.75, 3.05) is 0 Å². The van der Waals surface area contributed by atoms with Crippen LogP contribution in [0.3, 0.4) is 0 Å². The van der Waals surface area contributed by atoms with Gasteiger partial charge < -0.3 is 5.11 Å². The van der Waals surface area contributed by atoms with Crippen LogP contribution in [0.15, 0.2) is 36.4 Å². The standard InChI is InChI=1S/C20H20N2O5/c1-20(2,3)14-5-4-12(10-21-15(23)6-7-16(21)24)19(27)13(14)11-22-17(25)8-9-18(22)26/h4-9,27H,10-11H2,1-3H3. The number of phenolic OH excluding ortho intramolecular Hbond substituents is 1. The number of hydrogen-bond donors (Lipinski definition) is 1. The molecule has 0 fully saturated rings. The summed E-state index contributed by atoms with van der Waals surface area (Å²) in [6, 6.07) is 3.45. The van der Waals surface area contributed by atoms with Crippen LogP contribution in [0.2, 0.25) is 0 Å². The number of phenols is 1. The maximum absolute atomic E-state index is 11.9. The van der Waals surface area contributed by atoms with Gasteiger partial charge in [-0.05, 0) is 11.0 Å². The number of nitrogens with zero attached hydrogens (tertiary/aromatic N) is 2. The van der Waals surface area contributed by atoms with Gasteiger partial charge >= 0.3 is 0 Å². The van der Waals surface area contributed by atoms with Crippen LogP contribution in [0.25, 0.3) is 0 Å². The zero-order chi connectivity index (χ0) is 19.9. The molecule has 0 bridgehead atoms. The zero-order valence-corrected chi connectivity index (χ0v) is 15.4. The summed E-state index contributed by atoms with van der Waals surface area (Å²) < 4.78 is 0. The lowest BCUT2D eigenvalue weighted by Gasteiger charge is -2.27. The van der Waals surface area contributed by atoms with E-state index in [1.165, 1.54) is 24.3 Å². The predicted octanol–water partition coefficient (Wildman–Crippen LogP) is 1.54. The third-order valence-electron chi connectivity index (χ3n) is 4.62. The molecule has 3 rings (SSSR count). The topological polar surface area (TPSA) is 95.0 Å². The highest BCUT2D eigenvalue weighted by atomic mass is 16.3. The quantitative estimate of drug-likeness (QED) is 0.814. The maximum Gasteiger partial charge on any atom is 0.253 e. The average Bonchev–Trinajstić information content (AvgIpc) is 3.06. The molecule has 0 radical (unpaired) electrons. The Balaban J connectivity index is 2.00. The van der Waals surface area contributed by atoms with Crippen molar-refractivity contribution in [1.29, 1.82) is 0 Å². The minimum Gasteiger partial charge on any atom is -0.507 e. The van der Waals surface area contributed by atoms with Gasteiger partial charge in [-0.2, -0.15) is 0 Å². The highest BCUT2D eigenvalue weighted by Gasteiger charge is 2.30. The van der Waals surface area contributed by atoms with E-state index in [9.17, 15) is 24.3 Å². The predicted molar refractivity (Wildman–Crippen MR) is 96.2 cm³/mol. The SMILES string of the molecule is CC(C)(C)c1ccc(CN2C(=O)C=CC2=O)c(O)c1CN1C(=O)C=CC1=O. The molecular weight excluding hydrogens is 348 g/mol. The second kappa shape index (κ2) is 6.50. The summed E-state index contributed by atoms with van der Waals surface area (Å²) in [5, 5.41) is 10.9. The third-order valence-corrected chi connectivity index (χ3v) is 4.62. The van der Waals surface area contributed by atoms with Crippen LogP contribution in [0.4, 0.5) is 0 Å². The van der Waals surface area contributed by atoms with E-state index in [1.807, 2.05) is 20.8 Å². The number of aromatic hydroxyl groups is 1. The number of amides is 4. The van der Waals surface area contributed by atoms with E-state index in [1.54, 1.807) is 12.1 Å². The van der Waals surface area contributed by atoms with Crippen LogP contribution < -0.4 is 0 Å². The van der Waals surface area contributed by atoms with E-state index in [0.29, 0.717) is 11.1 Å². The van der Waals surface area contributed by atoms with Gasteiger partial charge in [0, 0.05) is 35.4 Å². The monoisotopic (exact) mass is 368 g/mol. The van der Waals surface area contributed by atoms with Gasteiger partial charge in [0.05, 0.1) is 13.1 Å². The van der Waals surface area contributed by atoms with E-state index in [0.717, 1.165) is 15.4 Å². The van der Waals surface area contributed by atoms with Crippen molar-refractivity contribution in [3.05, 3.63) is 53.1 Å². The Kier molecular flexibility index (Phi) is 4.47. The van der Waals surface area contributed by atoms with Crippen LogP contribution in [-0.4, -0.2) is 38.5 Å². The molecular formula is C20H20N2O5. The van der Waals surface area contributed by atoms with Gasteiger partial charge in [-0.3, -0.25) is 29.0 Å². The fourth-order valence-corrected chi connectivity index (χ4v) is 3.18. The van der Waals surface area contributed by atoms with Crippen molar-refractivity contribution in [2.24, 2.45) is 0 Å². The molecule has 7 heteroatoms. The molecule has 2 aliphatic heterocycles. The average molecular weight is 368 g/mol. The number of hydrogen-bond acceptors (Lipinski definition) is 5. The summed E-state index contributed by atoms with van der Waals surface area (Å²) >= 11 is 0. The minimum absolute atomic E-state index is 0.0862. The number of carbonyl (C=O) groups is 4. The Morgan fingerprint density at radius 1 is 0.778 bits per heavy atom. The molecule has 140 valence electrons. The zero-order valence-electron chi connectivity index (χ0n) is 15.4. The summed E-state index contributed by atoms with van der Waals surface area (Å²) in [5.74, 6) is -1.91. The van der Waals surface area contributed by atoms with E-state index in [2.05, 4.69) is 0 Å². The largest absolute Gasteiger partial charge is 0.507 e. The Labute approximate surface area is 156 Å². The van der Waals surface area contributed by atoms with Crippen molar-refractivity contribution in [1.82, 2.24) is 9.80 Å². The summed E-state index contributed by atoms with van der Waals surface area (Å²) in [6.45, 7) is 5.68. The van der Waals surface area contributed by atoms with Gasteiger partial charge in [-0.15, -0.1) is 0 Å².